The Kier molecular flexibility index (Phi) is 4.36. The van der Waals surface area contributed by atoms with Crippen LogP contribution >= 0.6 is 15.9 Å². The molecule has 0 aliphatic carbocycles. The van der Waals surface area contributed by atoms with Crippen LogP contribution in [0.1, 0.15) is 37.3 Å². The molecule has 3 nitrogen and oxygen atoms in total. The fourth-order valence-electron chi connectivity index (χ4n) is 4.15. The molecule has 2 aromatic rings. The summed E-state index contributed by atoms with van der Waals surface area (Å²) in [7, 11) is 0. The summed E-state index contributed by atoms with van der Waals surface area (Å²) in [4.78, 5) is 2.70. The monoisotopic (exact) mass is 371 g/mol. The molecular weight excluding hydrogens is 350 g/mol. The Morgan fingerprint density at radius 1 is 1.09 bits per heavy atom. The van der Waals surface area contributed by atoms with E-state index >= 15 is 0 Å². The predicted octanol–water partition coefficient (Wildman–Crippen LogP) is 4.53. The standard InChI is InChI=1S/C19H22BrN3/c20-16-13-21-23(14-16)19-11-17-8-9-18(12-19)22(17)10-4-7-15-5-2-1-3-6-15/h1-7,13-14,17-19H,8-12H2. The Morgan fingerprint density at radius 3 is 2.48 bits per heavy atom. The van der Waals surface area contributed by atoms with Gasteiger partial charge in [-0.1, -0.05) is 42.5 Å². The fourth-order valence-corrected chi connectivity index (χ4v) is 4.45. The van der Waals surface area contributed by atoms with Crippen LogP contribution < -0.4 is 0 Å². The van der Waals surface area contributed by atoms with E-state index in [-0.39, 0.29) is 0 Å². The summed E-state index contributed by atoms with van der Waals surface area (Å²) in [6, 6.07) is 12.6. The molecule has 0 amide bonds. The van der Waals surface area contributed by atoms with Gasteiger partial charge in [0.1, 0.15) is 0 Å². The van der Waals surface area contributed by atoms with Gasteiger partial charge in [-0.05, 0) is 47.2 Å². The summed E-state index contributed by atoms with van der Waals surface area (Å²) in [6.45, 7) is 1.07. The van der Waals surface area contributed by atoms with Crippen molar-refractivity contribution in [1.29, 1.82) is 0 Å². The molecule has 0 saturated carbocycles. The highest BCUT2D eigenvalue weighted by Crippen LogP contribution is 2.40. The Bertz CT molecular complexity index is 665. The lowest BCUT2D eigenvalue weighted by Gasteiger charge is -2.38. The topological polar surface area (TPSA) is 21.1 Å². The van der Waals surface area contributed by atoms with Crippen LogP contribution in [0, 0.1) is 0 Å². The van der Waals surface area contributed by atoms with Crippen LogP contribution in [-0.2, 0) is 0 Å². The predicted molar refractivity (Wildman–Crippen MR) is 97.2 cm³/mol. The number of hydrogen-bond donors (Lipinski definition) is 0. The summed E-state index contributed by atoms with van der Waals surface area (Å²) < 4.78 is 3.24. The second kappa shape index (κ2) is 6.62. The highest BCUT2D eigenvalue weighted by Gasteiger charge is 2.40. The second-order valence-electron chi connectivity index (χ2n) is 6.66. The summed E-state index contributed by atoms with van der Waals surface area (Å²) >= 11 is 3.51. The van der Waals surface area contributed by atoms with E-state index in [2.05, 4.69) is 79.3 Å². The van der Waals surface area contributed by atoms with Gasteiger partial charge in [0, 0.05) is 24.8 Å². The van der Waals surface area contributed by atoms with Crippen LogP contribution in [0.2, 0.25) is 0 Å². The lowest BCUT2D eigenvalue weighted by molar-refractivity contribution is 0.116. The minimum Gasteiger partial charge on any atom is -0.294 e. The van der Waals surface area contributed by atoms with Crippen molar-refractivity contribution in [2.24, 2.45) is 0 Å². The molecule has 120 valence electrons. The molecule has 1 aromatic heterocycles. The smallest absolute Gasteiger partial charge is 0.0632 e. The van der Waals surface area contributed by atoms with E-state index in [4.69, 9.17) is 0 Å². The first-order valence-corrected chi connectivity index (χ1v) is 9.26. The molecule has 4 heteroatoms. The average Bonchev–Trinajstić information content (AvgIpc) is 3.09. The first-order valence-electron chi connectivity index (χ1n) is 8.46. The second-order valence-corrected chi connectivity index (χ2v) is 7.57. The average molecular weight is 372 g/mol. The minimum atomic E-state index is 0.563. The maximum atomic E-state index is 4.50. The molecule has 2 aliphatic heterocycles. The van der Waals surface area contributed by atoms with E-state index in [0.717, 1.165) is 11.0 Å². The normalized spacial score (nSPS) is 27.8. The Labute approximate surface area is 146 Å². The van der Waals surface area contributed by atoms with Gasteiger partial charge in [-0.3, -0.25) is 9.58 Å². The first-order chi connectivity index (χ1) is 11.3. The molecule has 1 aromatic carbocycles. The molecule has 23 heavy (non-hydrogen) atoms. The zero-order chi connectivity index (χ0) is 15.6. The molecule has 2 unspecified atom stereocenters. The maximum Gasteiger partial charge on any atom is 0.0632 e. The number of benzene rings is 1. The van der Waals surface area contributed by atoms with Gasteiger partial charge in [-0.2, -0.15) is 5.10 Å². The van der Waals surface area contributed by atoms with Crippen molar-refractivity contribution in [2.75, 3.05) is 6.54 Å². The SMILES string of the molecule is Brc1cnn(C2CC3CCC(C2)N3CC=Cc2ccccc2)c1. The van der Waals surface area contributed by atoms with Gasteiger partial charge in [0.15, 0.2) is 0 Å². The van der Waals surface area contributed by atoms with Crippen LogP contribution in [-0.4, -0.2) is 33.3 Å². The van der Waals surface area contributed by atoms with Crippen molar-refractivity contribution in [3.05, 3.63) is 58.8 Å². The summed E-state index contributed by atoms with van der Waals surface area (Å²) in [5, 5.41) is 4.50. The molecule has 3 heterocycles. The third kappa shape index (κ3) is 3.29. The van der Waals surface area contributed by atoms with E-state index in [9.17, 15) is 0 Å². The third-order valence-electron chi connectivity index (χ3n) is 5.23. The van der Waals surface area contributed by atoms with Gasteiger partial charge >= 0.3 is 0 Å². The summed E-state index contributed by atoms with van der Waals surface area (Å²) in [5.74, 6) is 0. The number of nitrogens with zero attached hydrogens (tertiary/aromatic N) is 3. The van der Waals surface area contributed by atoms with Crippen molar-refractivity contribution in [3.63, 3.8) is 0 Å². The van der Waals surface area contributed by atoms with Gasteiger partial charge in [-0.25, -0.2) is 0 Å². The van der Waals surface area contributed by atoms with Crippen LogP contribution in [0.25, 0.3) is 6.08 Å². The van der Waals surface area contributed by atoms with Gasteiger partial charge in [0.25, 0.3) is 0 Å². The Hall–Kier alpha value is -1.39. The molecule has 0 radical (unpaired) electrons. The van der Waals surface area contributed by atoms with Crippen molar-refractivity contribution in [1.82, 2.24) is 14.7 Å². The van der Waals surface area contributed by atoms with E-state index < -0.39 is 0 Å². The maximum absolute atomic E-state index is 4.50. The van der Waals surface area contributed by atoms with Gasteiger partial charge in [0.05, 0.1) is 16.7 Å². The number of hydrogen-bond acceptors (Lipinski definition) is 2. The Balaban J connectivity index is 1.40. The molecular formula is C19H22BrN3. The summed E-state index contributed by atoms with van der Waals surface area (Å²) in [6.07, 6.45) is 13.7. The van der Waals surface area contributed by atoms with Crippen LogP contribution in [0.5, 0.6) is 0 Å². The third-order valence-corrected chi connectivity index (χ3v) is 5.64. The van der Waals surface area contributed by atoms with E-state index in [0.29, 0.717) is 18.1 Å². The molecule has 4 rings (SSSR count). The Morgan fingerprint density at radius 2 is 1.83 bits per heavy atom. The lowest BCUT2D eigenvalue weighted by Crippen LogP contribution is -2.43. The minimum absolute atomic E-state index is 0.563. The van der Waals surface area contributed by atoms with Crippen LogP contribution in [0.3, 0.4) is 0 Å². The number of rotatable bonds is 4. The number of piperidine rings is 1. The molecule has 2 bridgehead atoms. The van der Waals surface area contributed by atoms with E-state index in [1.807, 2.05) is 6.20 Å². The van der Waals surface area contributed by atoms with Gasteiger partial charge in [0.2, 0.25) is 0 Å². The van der Waals surface area contributed by atoms with Crippen molar-refractivity contribution in [2.45, 2.75) is 43.8 Å². The summed E-state index contributed by atoms with van der Waals surface area (Å²) in [5.41, 5.74) is 1.29. The number of halogens is 1. The molecule has 2 aliphatic rings. The van der Waals surface area contributed by atoms with Crippen LogP contribution in [0.4, 0.5) is 0 Å². The first kappa shape index (κ1) is 15.2. The molecule has 0 N–H and O–H groups in total. The van der Waals surface area contributed by atoms with Crippen LogP contribution in [0.15, 0.2) is 53.3 Å². The zero-order valence-electron chi connectivity index (χ0n) is 13.2. The number of fused-ring (bicyclic) bond motifs is 2. The van der Waals surface area contributed by atoms with Crippen molar-refractivity contribution < 1.29 is 0 Å². The lowest BCUT2D eigenvalue weighted by atomic mass is 9.97. The molecule has 2 fully saturated rings. The van der Waals surface area contributed by atoms with Gasteiger partial charge < -0.3 is 0 Å². The zero-order valence-corrected chi connectivity index (χ0v) is 14.8. The largest absolute Gasteiger partial charge is 0.294 e. The fraction of sp³-hybridized carbons (Fsp3) is 0.421. The van der Waals surface area contributed by atoms with Gasteiger partial charge in [-0.15, -0.1) is 0 Å². The molecule has 2 saturated heterocycles. The van der Waals surface area contributed by atoms with E-state index in [1.165, 1.54) is 31.2 Å². The number of aromatic nitrogens is 2. The van der Waals surface area contributed by atoms with Crippen molar-refractivity contribution in [3.8, 4) is 0 Å². The molecule has 2 atom stereocenters. The van der Waals surface area contributed by atoms with E-state index in [1.54, 1.807) is 0 Å². The highest BCUT2D eigenvalue weighted by molar-refractivity contribution is 9.10. The molecule has 0 spiro atoms. The highest BCUT2D eigenvalue weighted by atomic mass is 79.9. The quantitative estimate of drug-likeness (QED) is 0.787. The van der Waals surface area contributed by atoms with Crippen molar-refractivity contribution >= 4 is 22.0 Å².